The minimum Gasteiger partial charge on any atom is -0.309 e. The highest BCUT2D eigenvalue weighted by Gasteiger charge is 2.17. The molecule has 0 fully saturated rings. The zero-order valence-corrected chi connectivity index (χ0v) is 21.5. The third-order valence-electron chi connectivity index (χ3n) is 7.19. The molecule has 0 atom stereocenters. The number of nitrogens with zero attached hydrogens (tertiary/aromatic N) is 5. The fraction of sp³-hybridized carbons (Fsp3) is 0.0286. The van der Waals surface area contributed by atoms with E-state index in [2.05, 4.69) is 78.2 Å². The van der Waals surface area contributed by atoms with Crippen LogP contribution in [-0.4, -0.2) is 4.57 Å². The van der Waals surface area contributed by atoms with Crippen molar-refractivity contribution in [3.63, 3.8) is 0 Å². The van der Waals surface area contributed by atoms with Crippen molar-refractivity contribution in [1.82, 2.24) is 4.57 Å². The largest absolute Gasteiger partial charge is 0.309 e. The average Bonchev–Trinajstić information content (AvgIpc) is 3.33. The van der Waals surface area contributed by atoms with Gasteiger partial charge < -0.3 is 4.57 Å². The van der Waals surface area contributed by atoms with E-state index in [-0.39, 0.29) is 0 Å². The fourth-order valence-electron chi connectivity index (χ4n) is 5.32. The van der Waals surface area contributed by atoms with Crippen molar-refractivity contribution in [3.05, 3.63) is 125 Å². The van der Waals surface area contributed by atoms with Crippen LogP contribution in [0.1, 0.15) is 27.8 Å². The maximum Gasteiger partial charge on any atom is 0.0998 e. The molecule has 184 valence electrons. The summed E-state index contributed by atoms with van der Waals surface area (Å²) in [6, 6.07) is 39.6. The van der Waals surface area contributed by atoms with Crippen LogP contribution in [0.5, 0.6) is 0 Å². The normalized spacial score (nSPS) is 10.5. The molecule has 1 aromatic heterocycles. The van der Waals surface area contributed by atoms with Crippen LogP contribution < -0.4 is 0 Å². The summed E-state index contributed by atoms with van der Waals surface area (Å²) < 4.78 is 2.22. The number of hydrogen-bond donors (Lipinski definition) is 0. The highest BCUT2D eigenvalue weighted by molar-refractivity contribution is 6.11. The molecule has 0 aliphatic rings. The van der Waals surface area contributed by atoms with E-state index in [1.165, 1.54) is 0 Å². The van der Waals surface area contributed by atoms with E-state index in [1.54, 1.807) is 24.3 Å². The van der Waals surface area contributed by atoms with Crippen LogP contribution in [0.3, 0.4) is 0 Å². The molecule has 0 saturated heterocycles. The van der Waals surface area contributed by atoms with E-state index in [4.69, 9.17) is 0 Å². The van der Waals surface area contributed by atoms with Crippen molar-refractivity contribution in [1.29, 1.82) is 21.0 Å². The summed E-state index contributed by atoms with van der Waals surface area (Å²) in [5.41, 5.74) is 9.23. The number of nitriles is 4. The standard InChI is InChI=1S/C35H19N5/c1-22-3-2-4-29(13-22)40-34-11-7-25(30-9-5-23(18-36)14-27(30)20-38)16-32(34)33-17-26(8-12-35(33)40)31-10-6-24(19-37)15-28(31)21-39/h2-17H,1H3. The number of aryl methyl sites for hydroxylation is 1. The zero-order valence-electron chi connectivity index (χ0n) is 21.5. The Kier molecular flexibility index (Phi) is 5.83. The van der Waals surface area contributed by atoms with Gasteiger partial charge in [0.2, 0.25) is 0 Å². The molecule has 0 unspecified atom stereocenters. The van der Waals surface area contributed by atoms with Gasteiger partial charge in [0.25, 0.3) is 0 Å². The van der Waals surface area contributed by atoms with Crippen LogP contribution in [0.25, 0.3) is 49.7 Å². The topological polar surface area (TPSA) is 100 Å². The summed E-state index contributed by atoms with van der Waals surface area (Å²) in [6.07, 6.45) is 0. The maximum atomic E-state index is 9.80. The van der Waals surface area contributed by atoms with Gasteiger partial charge in [-0.3, -0.25) is 0 Å². The molecule has 0 saturated carbocycles. The molecule has 0 radical (unpaired) electrons. The summed E-state index contributed by atoms with van der Waals surface area (Å²) in [5.74, 6) is 0. The lowest BCUT2D eigenvalue weighted by Gasteiger charge is -2.10. The molecular formula is C35H19N5. The van der Waals surface area contributed by atoms with Gasteiger partial charge in [-0.2, -0.15) is 21.0 Å². The lowest BCUT2D eigenvalue weighted by Crippen LogP contribution is -1.94. The van der Waals surface area contributed by atoms with E-state index in [9.17, 15) is 21.0 Å². The summed E-state index contributed by atoms with van der Waals surface area (Å²) in [4.78, 5) is 0. The van der Waals surface area contributed by atoms with Crippen LogP contribution in [0.4, 0.5) is 0 Å². The van der Waals surface area contributed by atoms with E-state index >= 15 is 0 Å². The smallest absolute Gasteiger partial charge is 0.0998 e. The summed E-state index contributed by atoms with van der Waals surface area (Å²) in [5, 5.41) is 40.2. The van der Waals surface area contributed by atoms with Gasteiger partial charge in [-0.15, -0.1) is 0 Å². The Balaban J connectivity index is 1.66. The summed E-state index contributed by atoms with van der Waals surface area (Å²) in [6.45, 7) is 2.07. The molecule has 0 aliphatic carbocycles. The molecule has 40 heavy (non-hydrogen) atoms. The molecule has 0 amide bonds. The van der Waals surface area contributed by atoms with Crippen molar-refractivity contribution in [2.45, 2.75) is 6.92 Å². The van der Waals surface area contributed by atoms with Crippen LogP contribution in [0.2, 0.25) is 0 Å². The molecule has 6 aromatic rings. The number of hydrogen-bond acceptors (Lipinski definition) is 4. The SMILES string of the molecule is Cc1cccc(-n2c3ccc(-c4ccc(C#N)cc4C#N)cc3c3cc(-c4ccc(C#N)cc4C#N)ccc32)c1. The van der Waals surface area contributed by atoms with Gasteiger partial charge in [0.05, 0.1) is 57.6 Å². The minimum atomic E-state index is 0.442. The van der Waals surface area contributed by atoms with Crippen molar-refractivity contribution < 1.29 is 0 Å². The average molecular weight is 510 g/mol. The molecule has 0 aliphatic heterocycles. The van der Waals surface area contributed by atoms with Gasteiger partial charge in [0.1, 0.15) is 0 Å². The van der Waals surface area contributed by atoms with E-state index in [0.717, 1.165) is 55.3 Å². The Morgan fingerprint density at radius 2 is 1.05 bits per heavy atom. The van der Waals surface area contributed by atoms with Crippen molar-refractivity contribution in [2.75, 3.05) is 0 Å². The predicted molar refractivity (Wildman–Crippen MR) is 155 cm³/mol. The lowest BCUT2D eigenvalue weighted by molar-refractivity contribution is 1.17. The first kappa shape index (κ1) is 24.2. The zero-order chi connectivity index (χ0) is 27.8. The molecule has 0 spiro atoms. The Bertz CT molecular complexity index is 2040. The highest BCUT2D eigenvalue weighted by atomic mass is 15.0. The lowest BCUT2D eigenvalue weighted by atomic mass is 9.95. The van der Waals surface area contributed by atoms with Crippen LogP contribution in [-0.2, 0) is 0 Å². The Morgan fingerprint density at radius 1 is 0.525 bits per heavy atom. The summed E-state index contributed by atoms with van der Waals surface area (Å²) >= 11 is 0. The number of benzene rings is 5. The summed E-state index contributed by atoms with van der Waals surface area (Å²) in [7, 11) is 0. The molecule has 1 heterocycles. The molecular weight excluding hydrogens is 490 g/mol. The van der Waals surface area contributed by atoms with Crippen molar-refractivity contribution in [3.8, 4) is 52.2 Å². The van der Waals surface area contributed by atoms with E-state index in [0.29, 0.717) is 22.3 Å². The highest BCUT2D eigenvalue weighted by Crippen LogP contribution is 2.38. The van der Waals surface area contributed by atoms with Crippen molar-refractivity contribution in [2.24, 2.45) is 0 Å². The number of rotatable bonds is 3. The maximum absolute atomic E-state index is 9.80. The van der Waals surface area contributed by atoms with Gasteiger partial charge in [-0.1, -0.05) is 36.4 Å². The second-order valence-electron chi connectivity index (χ2n) is 9.61. The van der Waals surface area contributed by atoms with Gasteiger partial charge in [-0.25, -0.2) is 0 Å². The van der Waals surface area contributed by atoms with Gasteiger partial charge in [0, 0.05) is 16.5 Å². The van der Waals surface area contributed by atoms with E-state index < -0.39 is 0 Å². The number of fused-ring (bicyclic) bond motifs is 3. The third-order valence-corrected chi connectivity index (χ3v) is 7.19. The van der Waals surface area contributed by atoms with Crippen LogP contribution >= 0.6 is 0 Å². The van der Waals surface area contributed by atoms with Gasteiger partial charge in [0.15, 0.2) is 0 Å². The number of aromatic nitrogens is 1. The molecule has 5 heteroatoms. The quantitative estimate of drug-likeness (QED) is 0.242. The monoisotopic (exact) mass is 509 g/mol. The van der Waals surface area contributed by atoms with Crippen molar-refractivity contribution >= 4 is 21.8 Å². The first-order chi connectivity index (χ1) is 19.5. The first-order valence-electron chi connectivity index (χ1n) is 12.6. The predicted octanol–water partition coefficient (Wildman–Crippen LogP) is 7.91. The Labute approximate surface area is 231 Å². The van der Waals surface area contributed by atoms with Crippen LogP contribution in [0, 0.1) is 52.2 Å². The molecule has 6 rings (SSSR count). The second kappa shape index (κ2) is 9.63. The van der Waals surface area contributed by atoms with Gasteiger partial charge >= 0.3 is 0 Å². The molecule has 0 bridgehead atoms. The molecule has 0 N–H and O–H groups in total. The molecule has 5 nitrogen and oxygen atoms in total. The Hall–Kier alpha value is -6.14. The Morgan fingerprint density at radius 3 is 1.50 bits per heavy atom. The fourth-order valence-corrected chi connectivity index (χ4v) is 5.32. The minimum absolute atomic E-state index is 0.442. The second-order valence-corrected chi connectivity index (χ2v) is 9.61. The van der Waals surface area contributed by atoms with E-state index in [1.807, 2.05) is 30.3 Å². The first-order valence-corrected chi connectivity index (χ1v) is 12.6. The van der Waals surface area contributed by atoms with Gasteiger partial charge in [-0.05, 0) is 95.4 Å². The van der Waals surface area contributed by atoms with Crippen LogP contribution in [0.15, 0.2) is 97.1 Å². The third kappa shape index (κ3) is 3.93. The molecule has 5 aromatic carbocycles.